The highest BCUT2D eigenvalue weighted by Gasteiger charge is 2.22. The normalized spacial score (nSPS) is 12.4. The van der Waals surface area contributed by atoms with Gasteiger partial charge < -0.3 is 0 Å². The summed E-state index contributed by atoms with van der Waals surface area (Å²) in [4.78, 5) is 9.34. The largest absolute Gasteiger partial charge is 0.295 e. The maximum Gasteiger partial charge on any atom is 0.295 e. The summed E-state index contributed by atoms with van der Waals surface area (Å²) in [5.41, 5.74) is -0.427. The fourth-order valence-electron chi connectivity index (χ4n) is 1.52. The van der Waals surface area contributed by atoms with Crippen LogP contribution >= 0.6 is 23.2 Å². The van der Waals surface area contributed by atoms with Gasteiger partial charge in [-0.05, 0) is 41.4 Å². The molecule has 0 aliphatic heterocycles. The molecule has 0 fully saturated rings. The molecule has 0 amide bonds. The van der Waals surface area contributed by atoms with Crippen molar-refractivity contribution in [1.29, 1.82) is 0 Å². The van der Waals surface area contributed by atoms with Crippen LogP contribution in [0.3, 0.4) is 0 Å². The zero-order valence-electron chi connectivity index (χ0n) is 10.2. The van der Waals surface area contributed by atoms with Crippen LogP contribution in [0.5, 0.6) is 0 Å². The molecular formula is C9H5Cl2N3O6S2. The van der Waals surface area contributed by atoms with Gasteiger partial charge >= 0.3 is 0 Å². The number of halogens is 2. The molecule has 0 aliphatic carbocycles. The van der Waals surface area contributed by atoms with Gasteiger partial charge in [0.05, 0.1) is 4.90 Å². The standard InChI is InChI=1S/C9H5Cl2N3O6S2/c10-8-12-7(13-9(11)14-8)5-3-4(21(15,16)17)1-2-6(5)22(18,19)20/h1-3H,(H,15,16,17)(H,18,19,20). The first-order chi connectivity index (χ1) is 9.98. The van der Waals surface area contributed by atoms with Crippen molar-refractivity contribution in [3.8, 4) is 11.4 Å². The van der Waals surface area contributed by atoms with E-state index in [1.807, 2.05) is 0 Å². The molecule has 13 heteroatoms. The van der Waals surface area contributed by atoms with Crippen LogP contribution in [0.1, 0.15) is 0 Å². The minimum absolute atomic E-state index is 0.381. The lowest BCUT2D eigenvalue weighted by Gasteiger charge is -2.08. The highest BCUT2D eigenvalue weighted by molar-refractivity contribution is 7.86. The molecule has 1 aromatic carbocycles. The van der Waals surface area contributed by atoms with Crippen LogP contribution in [-0.4, -0.2) is 40.9 Å². The second kappa shape index (κ2) is 5.68. The third kappa shape index (κ3) is 3.69. The lowest BCUT2D eigenvalue weighted by atomic mass is 10.2. The zero-order chi connectivity index (χ0) is 16.7. The first kappa shape index (κ1) is 17.0. The number of aromatic nitrogens is 3. The van der Waals surface area contributed by atoms with Crippen LogP contribution in [0.2, 0.25) is 10.6 Å². The molecule has 0 bridgehead atoms. The average molecular weight is 386 g/mol. The monoisotopic (exact) mass is 385 g/mol. The van der Waals surface area contributed by atoms with Crippen LogP contribution in [0, 0.1) is 0 Å². The Labute approximate surface area is 134 Å². The van der Waals surface area contributed by atoms with Crippen LogP contribution in [0.25, 0.3) is 11.4 Å². The van der Waals surface area contributed by atoms with Crippen molar-refractivity contribution in [2.45, 2.75) is 9.79 Å². The first-order valence-corrected chi connectivity index (χ1v) is 8.78. The zero-order valence-corrected chi connectivity index (χ0v) is 13.3. The second-order valence-electron chi connectivity index (χ2n) is 3.81. The number of benzene rings is 1. The molecule has 2 aromatic rings. The maximum atomic E-state index is 11.4. The van der Waals surface area contributed by atoms with Crippen molar-refractivity contribution in [3.63, 3.8) is 0 Å². The summed E-state index contributed by atoms with van der Waals surface area (Å²) in [5.74, 6) is -0.400. The van der Waals surface area contributed by atoms with Gasteiger partial charge in [0.15, 0.2) is 5.82 Å². The molecule has 0 saturated heterocycles. The SMILES string of the molecule is O=S(=O)(O)c1ccc(S(=O)(=O)O)c(-c2nc(Cl)nc(Cl)n2)c1. The smallest absolute Gasteiger partial charge is 0.282 e. The topological polar surface area (TPSA) is 147 Å². The Morgan fingerprint density at radius 3 is 1.86 bits per heavy atom. The molecule has 118 valence electrons. The first-order valence-electron chi connectivity index (χ1n) is 5.15. The van der Waals surface area contributed by atoms with E-state index in [-0.39, 0.29) is 10.6 Å². The molecule has 0 atom stereocenters. The van der Waals surface area contributed by atoms with Gasteiger partial charge in [-0.2, -0.15) is 31.8 Å². The van der Waals surface area contributed by atoms with Gasteiger partial charge in [-0.25, -0.2) is 0 Å². The van der Waals surface area contributed by atoms with Gasteiger partial charge in [0.25, 0.3) is 20.2 Å². The molecule has 0 aliphatic rings. The van der Waals surface area contributed by atoms with E-state index >= 15 is 0 Å². The predicted molar refractivity (Wildman–Crippen MR) is 74.9 cm³/mol. The second-order valence-corrected chi connectivity index (χ2v) is 7.29. The molecule has 0 spiro atoms. The van der Waals surface area contributed by atoms with Crippen molar-refractivity contribution in [3.05, 3.63) is 28.8 Å². The Morgan fingerprint density at radius 2 is 1.41 bits per heavy atom. The predicted octanol–water partition coefficient (Wildman–Crippen LogP) is 1.34. The number of nitrogens with zero attached hydrogens (tertiary/aromatic N) is 3. The molecule has 2 rings (SSSR count). The molecule has 22 heavy (non-hydrogen) atoms. The molecular weight excluding hydrogens is 381 g/mol. The molecule has 0 unspecified atom stereocenters. The summed E-state index contributed by atoms with van der Waals surface area (Å²) in [6.45, 7) is 0. The van der Waals surface area contributed by atoms with E-state index in [4.69, 9.17) is 27.8 Å². The van der Waals surface area contributed by atoms with Gasteiger partial charge in [0.1, 0.15) is 4.90 Å². The molecule has 0 saturated carbocycles. The molecule has 2 N–H and O–H groups in total. The Bertz CT molecular complexity index is 941. The number of hydrogen-bond donors (Lipinski definition) is 2. The van der Waals surface area contributed by atoms with Crippen LogP contribution in [-0.2, 0) is 20.2 Å². The van der Waals surface area contributed by atoms with E-state index in [0.717, 1.165) is 18.2 Å². The van der Waals surface area contributed by atoms with E-state index in [1.165, 1.54) is 0 Å². The average Bonchev–Trinajstić information content (AvgIpc) is 2.34. The van der Waals surface area contributed by atoms with E-state index in [9.17, 15) is 21.4 Å². The molecule has 1 aromatic heterocycles. The van der Waals surface area contributed by atoms with Crippen molar-refractivity contribution >= 4 is 43.4 Å². The fourth-order valence-corrected chi connectivity index (χ4v) is 3.05. The Balaban J connectivity index is 2.86. The third-order valence-corrected chi connectivity index (χ3v) is 4.45. The van der Waals surface area contributed by atoms with Crippen molar-refractivity contribution < 1.29 is 25.9 Å². The van der Waals surface area contributed by atoms with Crippen LogP contribution in [0.4, 0.5) is 0 Å². The van der Waals surface area contributed by atoms with E-state index in [2.05, 4.69) is 15.0 Å². The van der Waals surface area contributed by atoms with Crippen LogP contribution < -0.4 is 0 Å². The van der Waals surface area contributed by atoms with Gasteiger partial charge in [0, 0.05) is 5.56 Å². The highest BCUT2D eigenvalue weighted by atomic mass is 35.5. The molecule has 9 nitrogen and oxygen atoms in total. The van der Waals surface area contributed by atoms with Gasteiger partial charge in [-0.15, -0.1) is 0 Å². The van der Waals surface area contributed by atoms with Crippen molar-refractivity contribution in [2.75, 3.05) is 0 Å². The quantitative estimate of drug-likeness (QED) is 0.746. The number of rotatable bonds is 3. The summed E-state index contributed by atoms with van der Waals surface area (Å²) in [6.07, 6.45) is 0. The van der Waals surface area contributed by atoms with Crippen molar-refractivity contribution in [2.24, 2.45) is 0 Å². The van der Waals surface area contributed by atoms with E-state index in [1.54, 1.807) is 0 Å². The van der Waals surface area contributed by atoms with E-state index in [0.29, 0.717) is 0 Å². The Morgan fingerprint density at radius 1 is 0.864 bits per heavy atom. The highest BCUT2D eigenvalue weighted by Crippen LogP contribution is 2.28. The van der Waals surface area contributed by atoms with Gasteiger partial charge in [0.2, 0.25) is 10.6 Å². The Kier molecular flexibility index (Phi) is 4.39. The van der Waals surface area contributed by atoms with Crippen LogP contribution in [0.15, 0.2) is 28.0 Å². The fraction of sp³-hybridized carbons (Fsp3) is 0. The summed E-state index contributed by atoms with van der Waals surface area (Å²) in [6, 6.07) is 2.30. The van der Waals surface area contributed by atoms with Gasteiger partial charge in [-0.3, -0.25) is 9.11 Å². The lowest BCUT2D eigenvalue weighted by Crippen LogP contribution is -2.06. The lowest BCUT2D eigenvalue weighted by molar-refractivity contribution is 0.478. The summed E-state index contributed by atoms with van der Waals surface area (Å²) < 4.78 is 63.2. The summed E-state index contributed by atoms with van der Waals surface area (Å²) in [5, 5.41) is -0.762. The maximum absolute atomic E-state index is 11.4. The Hall–Kier alpha value is -1.37. The summed E-state index contributed by atoms with van der Waals surface area (Å²) in [7, 11) is -9.36. The summed E-state index contributed by atoms with van der Waals surface area (Å²) >= 11 is 11.1. The van der Waals surface area contributed by atoms with E-state index < -0.39 is 41.4 Å². The molecule has 1 heterocycles. The third-order valence-electron chi connectivity index (χ3n) is 2.35. The van der Waals surface area contributed by atoms with Crippen molar-refractivity contribution in [1.82, 2.24) is 15.0 Å². The minimum Gasteiger partial charge on any atom is -0.282 e. The number of hydrogen-bond acceptors (Lipinski definition) is 7. The minimum atomic E-state index is -4.73. The van der Waals surface area contributed by atoms with Gasteiger partial charge in [-0.1, -0.05) is 0 Å². The molecule has 0 radical (unpaired) electrons.